The van der Waals surface area contributed by atoms with E-state index in [0.29, 0.717) is 30.5 Å². The average Bonchev–Trinajstić information content (AvgIpc) is 2.74. The molecule has 0 bridgehead atoms. The van der Waals surface area contributed by atoms with Crippen LogP contribution in [0.2, 0.25) is 0 Å². The smallest absolute Gasteiger partial charge is 0.419 e. The maximum atomic E-state index is 13.0. The lowest BCUT2D eigenvalue weighted by atomic mass is 10.1. The van der Waals surface area contributed by atoms with Gasteiger partial charge in [0, 0.05) is 32.9 Å². The number of rotatable bonds is 9. The molecule has 0 aliphatic carbocycles. The molecule has 1 heterocycles. The first-order valence-electron chi connectivity index (χ1n) is 9.30. The maximum Gasteiger partial charge on any atom is 0.419 e. The van der Waals surface area contributed by atoms with Crippen molar-refractivity contribution in [2.45, 2.75) is 12.6 Å². The number of benzene rings is 1. The van der Waals surface area contributed by atoms with E-state index in [1.807, 2.05) is 18.2 Å². The van der Waals surface area contributed by atoms with Crippen molar-refractivity contribution < 1.29 is 22.6 Å². The summed E-state index contributed by atoms with van der Waals surface area (Å²) in [6.07, 6.45) is -2.41. The van der Waals surface area contributed by atoms with Gasteiger partial charge in [0.1, 0.15) is 5.82 Å². The van der Waals surface area contributed by atoms with Gasteiger partial charge < -0.3 is 25.4 Å². The molecule has 0 spiro atoms. The molecule has 0 radical (unpaired) electrons. The highest BCUT2D eigenvalue weighted by Gasteiger charge is 2.33. The predicted octanol–water partition coefficient (Wildman–Crippen LogP) is 2.94. The molecule has 7 nitrogen and oxygen atoms in total. The van der Waals surface area contributed by atoms with Crippen molar-refractivity contribution >= 4 is 11.8 Å². The molecule has 0 aliphatic rings. The second-order valence-corrected chi connectivity index (χ2v) is 6.19. The minimum absolute atomic E-state index is 0.191. The zero-order valence-electron chi connectivity index (χ0n) is 17.1. The molecule has 0 aliphatic heterocycles. The Morgan fingerprint density at radius 1 is 1.03 bits per heavy atom. The summed E-state index contributed by atoms with van der Waals surface area (Å²) < 4.78 is 49.4. The van der Waals surface area contributed by atoms with Crippen LogP contribution in [0.5, 0.6) is 11.5 Å². The third kappa shape index (κ3) is 6.71. The van der Waals surface area contributed by atoms with Crippen LogP contribution < -0.4 is 25.4 Å². The summed E-state index contributed by atoms with van der Waals surface area (Å²) in [7, 11) is 4.80. The number of anilines is 1. The van der Waals surface area contributed by atoms with Crippen LogP contribution in [-0.4, -0.2) is 51.8 Å². The maximum absolute atomic E-state index is 13.0. The van der Waals surface area contributed by atoms with Crippen LogP contribution in [0.4, 0.5) is 19.0 Å². The Morgan fingerprint density at radius 3 is 2.43 bits per heavy atom. The summed E-state index contributed by atoms with van der Waals surface area (Å²) in [4.78, 5) is 7.88. The minimum Gasteiger partial charge on any atom is -0.493 e. The molecule has 10 heteroatoms. The average molecular weight is 425 g/mol. The summed E-state index contributed by atoms with van der Waals surface area (Å²) in [5, 5.41) is 8.91. The lowest BCUT2D eigenvalue weighted by Gasteiger charge is -2.15. The Bertz CT molecular complexity index is 843. The molecule has 0 atom stereocenters. The van der Waals surface area contributed by atoms with Crippen molar-refractivity contribution in [2.24, 2.45) is 4.99 Å². The highest BCUT2D eigenvalue weighted by Crippen LogP contribution is 2.33. The molecule has 1 aromatic carbocycles. The van der Waals surface area contributed by atoms with E-state index >= 15 is 0 Å². The van der Waals surface area contributed by atoms with E-state index in [0.717, 1.165) is 18.1 Å². The van der Waals surface area contributed by atoms with Gasteiger partial charge in [-0.05, 0) is 36.2 Å². The van der Waals surface area contributed by atoms with Crippen LogP contribution in [0.3, 0.4) is 0 Å². The molecule has 0 saturated carbocycles. The van der Waals surface area contributed by atoms with Crippen molar-refractivity contribution in [3.05, 3.63) is 47.7 Å². The van der Waals surface area contributed by atoms with Gasteiger partial charge in [0.2, 0.25) is 0 Å². The lowest BCUT2D eigenvalue weighted by Crippen LogP contribution is -2.40. The molecule has 0 unspecified atom stereocenters. The molecule has 0 fully saturated rings. The van der Waals surface area contributed by atoms with E-state index in [-0.39, 0.29) is 12.4 Å². The lowest BCUT2D eigenvalue weighted by molar-refractivity contribution is -0.137. The van der Waals surface area contributed by atoms with Gasteiger partial charge in [-0.15, -0.1) is 0 Å². The molecule has 2 rings (SSSR count). The second kappa shape index (κ2) is 11.1. The Kier molecular flexibility index (Phi) is 8.57. The van der Waals surface area contributed by atoms with Crippen LogP contribution in [-0.2, 0) is 12.6 Å². The summed E-state index contributed by atoms with van der Waals surface area (Å²) in [5.41, 5.74) is 0.273. The topological polar surface area (TPSA) is 79.8 Å². The summed E-state index contributed by atoms with van der Waals surface area (Å²) in [5.74, 6) is 1.69. The molecule has 0 saturated heterocycles. The molecule has 164 valence electrons. The highest BCUT2D eigenvalue weighted by atomic mass is 19.4. The molecule has 0 amide bonds. The fourth-order valence-electron chi connectivity index (χ4n) is 2.72. The largest absolute Gasteiger partial charge is 0.493 e. The third-order valence-electron chi connectivity index (χ3n) is 4.20. The van der Waals surface area contributed by atoms with Gasteiger partial charge in [-0.3, -0.25) is 4.99 Å². The Morgan fingerprint density at radius 2 is 1.77 bits per heavy atom. The molecular formula is C20H26F3N5O2. The van der Waals surface area contributed by atoms with Crippen molar-refractivity contribution in [1.29, 1.82) is 0 Å². The Labute approximate surface area is 173 Å². The van der Waals surface area contributed by atoms with Crippen molar-refractivity contribution in [3.8, 4) is 11.5 Å². The molecular weight excluding hydrogens is 399 g/mol. The first kappa shape index (κ1) is 23.1. The van der Waals surface area contributed by atoms with Crippen LogP contribution in [0.25, 0.3) is 0 Å². The van der Waals surface area contributed by atoms with E-state index in [4.69, 9.17) is 9.47 Å². The van der Waals surface area contributed by atoms with Gasteiger partial charge in [0.05, 0.1) is 19.8 Å². The fraction of sp³-hybridized carbons (Fsp3) is 0.400. The third-order valence-corrected chi connectivity index (χ3v) is 4.20. The van der Waals surface area contributed by atoms with E-state index in [2.05, 4.69) is 25.9 Å². The molecule has 2 aromatic rings. The normalized spacial score (nSPS) is 11.7. The van der Waals surface area contributed by atoms with E-state index < -0.39 is 11.7 Å². The van der Waals surface area contributed by atoms with Gasteiger partial charge in [-0.25, -0.2) is 4.98 Å². The number of alkyl halides is 3. The first-order valence-corrected chi connectivity index (χ1v) is 9.30. The zero-order valence-corrected chi connectivity index (χ0v) is 17.1. The highest BCUT2D eigenvalue weighted by molar-refractivity contribution is 5.79. The number of methoxy groups -OCH3 is 2. The number of hydrogen-bond donors (Lipinski definition) is 3. The van der Waals surface area contributed by atoms with Crippen LogP contribution in [0, 0.1) is 0 Å². The van der Waals surface area contributed by atoms with Gasteiger partial charge in [-0.2, -0.15) is 13.2 Å². The van der Waals surface area contributed by atoms with Gasteiger partial charge in [0.25, 0.3) is 0 Å². The Balaban J connectivity index is 1.77. The summed E-state index contributed by atoms with van der Waals surface area (Å²) in [6.45, 7) is 1.22. The number of nitrogens with zero attached hydrogens (tertiary/aromatic N) is 2. The monoisotopic (exact) mass is 425 g/mol. The van der Waals surface area contributed by atoms with Crippen molar-refractivity contribution in [3.63, 3.8) is 0 Å². The van der Waals surface area contributed by atoms with Crippen LogP contribution >= 0.6 is 0 Å². The van der Waals surface area contributed by atoms with Crippen LogP contribution in [0.15, 0.2) is 41.5 Å². The summed E-state index contributed by atoms with van der Waals surface area (Å²) >= 11 is 0. The molecule has 3 N–H and O–H groups in total. The number of ether oxygens (including phenoxy) is 2. The molecule has 1 aromatic heterocycles. The standard InChI is InChI=1S/C20H26F3N5O2/c1-24-19(27-10-8-14-6-7-16(29-2)17(13-14)30-3)28-12-11-26-18-15(20(21,22)23)5-4-9-25-18/h4-7,9,13H,8,10-12H2,1-3H3,(H,25,26)(H2,24,27,28). The number of nitrogens with one attached hydrogen (secondary N) is 3. The van der Waals surface area contributed by atoms with Gasteiger partial charge in [-0.1, -0.05) is 6.07 Å². The predicted molar refractivity (Wildman–Crippen MR) is 110 cm³/mol. The Hall–Kier alpha value is -3.17. The number of aliphatic imine (C=N–C) groups is 1. The van der Waals surface area contributed by atoms with E-state index in [1.165, 1.54) is 12.3 Å². The molecule has 30 heavy (non-hydrogen) atoms. The van der Waals surface area contributed by atoms with E-state index in [9.17, 15) is 13.2 Å². The van der Waals surface area contributed by atoms with Gasteiger partial charge >= 0.3 is 6.18 Å². The fourth-order valence-corrected chi connectivity index (χ4v) is 2.72. The number of hydrogen-bond acceptors (Lipinski definition) is 5. The SMILES string of the molecule is CN=C(NCCNc1ncccc1C(F)(F)F)NCCc1ccc(OC)c(OC)c1. The summed E-state index contributed by atoms with van der Waals surface area (Å²) in [6, 6.07) is 7.97. The second-order valence-electron chi connectivity index (χ2n) is 6.19. The number of pyridine rings is 1. The van der Waals surface area contributed by atoms with E-state index in [1.54, 1.807) is 21.3 Å². The van der Waals surface area contributed by atoms with Crippen molar-refractivity contribution in [2.75, 3.05) is 46.2 Å². The van der Waals surface area contributed by atoms with Crippen molar-refractivity contribution in [1.82, 2.24) is 15.6 Å². The minimum atomic E-state index is -4.45. The van der Waals surface area contributed by atoms with Gasteiger partial charge in [0.15, 0.2) is 17.5 Å². The number of halogens is 3. The first-order chi connectivity index (χ1) is 14.4. The number of guanidine groups is 1. The zero-order chi connectivity index (χ0) is 22.0. The quantitative estimate of drug-likeness (QED) is 0.326. The number of aromatic nitrogens is 1. The van der Waals surface area contributed by atoms with Crippen LogP contribution in [0.1, 0.15) is 11.1 Å².